The predicted molar refractivity (Wildman–Crippen MR) is 63.8 cm³/mol. The molecule has 1 saturated carbocycles. The molecule has 1 fully saturated rings. The van der Waals surface area contributed by atoms with Crippen LogP contribution in [0.15, 0.2) is 0 Å². The quantitative estimate of drug-likeness (QED) is 0.598. The van der Waals surface area contributed by atoms with Crippen molar-refractivity contribution < 1.29 is 9.90 Å². The number of nitrogens with one attached hydrogen (secondary N) is 1. The lowest BCUT2D eigenvalue weighted by Crippen LogP contribution is -2.43. The van der Waals surface area contributed by atoms with Crippen LogP contribution in [0, 0.1) is 11.3 Å². The van der Waals surface area contributed by atoms with E-state index < -0.39 is 6.04 Å². The lowest BCUT2D eigenvalue weighted by molar-refractivity contribution is -0.123. The van der Waals surface area contributed by atoms with Crippen LogP contribution in [0.5, 0.6) is 0 Å². The normalized spacial score (nSPS) is 19.6. The van der Waals surface area contributed by atoms with E-state index in [0.29, 0.717) is 12.5 Å². The number of carbonyl (C=O) groups is 1. The van der Waals surface area contributed by atoms with Gasteiger partial charge in [-0.3, -0.25) is 4.79 Å². The van der Waals surface area contributed by atoms with Gasteiger partial charge in [-0.15, -0.1) is 0 Å². The van der Waals surface area contributed by atoms with Crippen LogP contribution in [-0.2, 0) is 4.79 Å². The van der Waals surface area contributed by atoms with Crippen LogP contribution in [0.25, 0.3) is 0 Å². The van der Waals surface area contributed by atoms with E-state index in [9.17, 15) is 4.79 Å². The van der Waals surface area contributed by atoms with Gasteiger partial charge in [-0.2, -0.15) is 0 Å². The number of hydrogen-bond acceptors (Lipinski definition) is 3. The van der Waals surface area contributed by atoms with Crippen molar-refractivity contribution in [3.05, 3.63) is 0 Å². The molecule has 0 aromatic heterocycles. The second-order valence-corrected chi connectivity index (χ2v) is 5.43. The van der Waals surface area contributed by atoms with Gasteiger partial charge in [0.15, 0.2) is 0 Å². The molecule has 0 bridgehead atoms. The highest BCUT2D eigenvalue weighted by Gasteiger charge is 2.42. The largest absolute Gasteiger partial charge is 0.396 e. The van der Waals surface area contributed by atoms with Gasteiger partial charge in [0.2, 0.25) is 5.91 Å². The van der Waals surface area contributed by atoms with Gasteiger partial charge >= 0.3 is 0 Å². The first-order valence-electron chi connectivity index (χ1n) is 6.13. The third kappa shape index (κ3) is 4.10. The van der Waals surface area contributed by atoms with Crippen LogP contribution in [0.4, 0.5) is 0 Å². The molecule has 0 aliphatic heterocycles. The SMILES string of the molecule is CC(C)C[C@@H](N)C(=O)NCC1(CCO)CC1. The van der Waals surface area contributed by atoms with Crippen molar-refractivity contribution in [3.63, 3.8) is 0 Å². The third-order valence-corrected chi connectivity index (χ3v) is 3.30. The Labute approximate surface area is 97.6 Å². The molecule has 4 N–H and O–H groups in total. The molecule has 0 aromatic carbocycles. The molecule has 4 heteroatoms. The molecule has 0 unspecified atom stereocenters. The molecule has 1 aliphatic rings. The molecule has 0 heterocycles. The third-order valence-electron chi connectivity index (χ3n) is 3.30. The van der Waals surface area contributed by atoms with Gasteiger partial charge < -0.3 is 16.2 Å². The molecule has 1 atom stereocenters. The lowest BCUT2D eigenvalue weighted by Gasteiger charge is -2.18. The van der Waals surface area contributed by atoms with E-state index in [1.807, 2.05) is 0 Å². The zero-order chi connectivity index (χ0) is 12.2. The van der Waals surface area contributed by atoms with Crippen molar-refractivity contribution in [3.8, 4) is 0 Å². The molecule has 0 radical (unpaired) electrons. The summed E-state index contributed by atoms with van der Waals surface area (Å²) in [6, 6.07) is -0.398. The molecule has 0 spiro atoms. The minimum absolute atomic E-state index is 0.0575. The van der Waals surface area contributed by atoms with E-state index in [2.05, 4.69) is 19.2 Å². The van der Waals surface area contributed by atoms with Crippen molar-refractivity contribution in [2.45, 2.75) is 45.6 Å². The fraction of sp³-hybridized carbons (Fsp3) is 0.917. The average molecular weight is 228 g/mol. The average Bonchev–Trinajstić information content (AvgIpc) is 2.94. The summed E-state index contributed by atoms with van der Waals surface area (Å²) in [5.74, 6) is 0.381. The molecular weight excluding hydrogens is 204 g/mol. The summed E-state index contributed by atoms with van der Waals surface area (Å²) in [4.78, 5) is 11.7. The standard InChI is InChI=1S/C12H24N2O2/c1-9(2)7-10(13)11(16)14-8-12(3-4-12)5-6-15/h9-10,15H,3-8,13H2,1-2H3,(H,14,16)/t10-/m1/s1. The van der Waals surface area contributed by atoms with E-state index in [1.165, 1.54) is 0 Å². The Bertz CT molecular complexity index is 237. The summed E-state index contributed by atoms with van der Waals surface area (Å²) in [5, 5.41) is 11.8. The van der Waals surface area contributed by atoms with Crippen molar-refractivity contribution in [2.24, 2.45) is 17.1 Å². The van der Waals surface area contributed by atoms with E-state index in [1.54, 1.807) is 0 Å². The highest BCUT2D eigenvalue weighted by molar-refractivity contribution is 5.81. The predicted octanol–water partition coefficient (Wildman–Crippen LogP) is 0.639. The van der Waals surface area contributed by atoms with Crippen LogP contribution in [0.3, 0.4) is 0 Å². The summed E-state index contributed by atoms with van der Waals surface area (Å²) in [5.41, 5.74) is 5.95. The van der Waals surface area contributed by atoms with E-state index in [0.717, 1.165) is 25.7 Å². The molecule has 0 aromatic rings. The Morgan fingerprint density at radius 1 is 1.50 bits per heavy atom. The Hall–Kier alpha value is -0.610. The van der Waals surface area contributed by atoms with Gasteiger partial charge in [0, 0.05) is 13.2 Å². The van der Waals surface area contributed by atoms with E-state index in [4.69, 9.17) is 10.8 Å². The van der Waals surface area contributed by atoms with Crippen LogP contribution in [0.2, 0.25) is 0 Å². The highest BCUT2D eigenvalue weighted by atomic mass is 16.3. The van der Waals surface area contributed by atoms with Crippen LogP contribution >= 0.6 is 0 Å². The Kier molecular flexibility index (Phi) is 4.74. The van der Waals surface area contributed by atoms with Crippen LogP contribution < -0.4 is 11.1 Å². The van der Waals surface area contributed by atoms with Crippen LogP contribution in [0.1, 0.15) is 39.5 Å². The van der Waals surface area contributed by atoms with Crippen molar-refractivity contribution in [1.82, 2.24) is 5.32 Å². The number of aliphatic hydroxyl groups excluding tert-OH is 1. The number of rotatable bonds is 7. The number of nitrogens with two attached hydrogens (primary N) is 1. The fourth-order valence-electron chi connectivity index (χ4n) is 1.95. The smallest absolute Gasteiger partial charge is 0.236 e. The second kappa shape index (κ2) is 5.64. The van der Waals surface area contributed by atoms with Gasteiger partial charge in [-0.25, -0.2) is 0 Å². The zero-order valence-corrected chi connectivity index (χ0v) is 10.3. The summed E-state index contributed by atoms with van der Waals surface area (Å²) in [6.07, 6.45) is 3.71. The maximum Gasteiger partial charge on any atom is 0.236 e. The number of hydrogen-bond donors (Lipinski definition) is 3. The van der Waals surface area contributed by atoms with E-state index >= 15 is 0 Å². The second-order valence-electron chi connectivity index (χ2n) is 5.43. The monoisotopic (exact) mass is 228 g/mol. The molecule has 1 amide bonds. The zero-order valence-electron chi connectivity index (χ0n) is 10.3. The first-order valence-corrected chi connectivity index (χ1v) is 6.13. The number of aliphatic hydroxyl groups is 1. The first kappa shape index (κ1) is 13.5. The summed E-state index contributed by atoms with van der Waals surface area (Å²) in [7, 11) is 0. The minimum Gasteiger partial charge on any atom is -0.396 e. The molecule has 16 heavy (non-hydrogen) atoms. The number of amides is 1. The van der Waals surface area contributed by atoms with Gasteiger partial charge in [0.05, 0.1) is 6.04 Å². The topological polar surface area (TPSA) is 75.4 Å². The molecule has 4 nitrogen and oxygen atoms in total. The Morgan fingerprint density at radius 3 is 2.56 bits per heavy atom. The molecule has 94 valence electrons. The minimum atomic E-state index is -0.398. The van der Waals surface area contributed by atoms with Crippen molar-refractivity contribution in [1.29, 1.82) is 0 Å². The van der Waals surface area contributed by atoms with Gasteiger partial charge in [-0.05, 0) is 37.0 Å². The summed E-state index contributed by atoms with van der Waals surface area (Å²) < 4.78 is 0. The summed E-state index contributed by atoms with van der Waals surface area (Å²) in [6.45, 7) is 4.98. The van der Waals surface area contributed by atoms with Gasteiger partial charge in [-0.1, -0.05) is 13.8 Å². The molecule has 0 saturated heterocycles. The van der Waals surface area contributed by atoms with Gasteiger partial charge in [0.1, 0.15) is 0 Å². The maximum atomic E-state index is 11.7. The Balaban J connectivity index is 2.24. The first-order chi connectivity index (χ1) is 7.49. The maximum absolute atomic E-state index is 11.7. The molecular formula is C12H24N2O2. The highest BCUT2D eigenvalue weighted by Crippen LogP contribution is 2.47. The van der Waals surface area contributed by atoms with E-state index in [-0.39, 0.29) is 17.9 Å². The van der Waals surface area contributed by atoms with Gasteiger partial charge in [0.25, 0.3) is 0 Å². The fourth-order valence-corrected chi connectivity index (χ4v) is 1.95. The molecule has 1 rings (SSSR count). The molecule has 1 aliphatic carbocycles. The Morgan fingerprint density at radius 2 is 2.12 bits per heavy atom. The number of carbonyl (C=O) groups excluding carboxylic acids is 1. The van der Waals surface area contributed by atoms with Crippen molar-refractivity contribution >= 4 is 5.91 Å². The summed E-state index contributed by atoms with van der Waals surface area (Å²) >= 11 is 0. The lowest BCUT2D eigenvalue weighted by atomic mass is 10.0. The van der Waals surface area contributed by atoms with Crippen LogP contribution in [-0.4, -0.2) is 30.2 Å². The van der Waals surface area contributed by atoms with Crippen molar-refractivity contribution in [2.75, 3.05) is 13.2 Å².